The summed E-state index contributed by atoms with van der Waals surface area (Å²) in [7, 11) is 0. The Morgan fingerprint density at radius 1 is 1.00 bits per heavy atom. The number of halogens is 9. The van der Waals surface area contributed by atoms with Gasteiger partial charge in [-0.1, -0.05) is 18.7 Å². The predicted octanol–water partition coefficient (Wildman–Crippen LogP) is 4.20. The number of aliphatic hydroxyl groups is 1. The van der Waals surface area contributed by atoms with Crippen LogP contribution in [-0.4, -0.2) is 41.9 Å². The molecule has 1 aromatic rings. The number of nitrogens with zero attached hydrogens (tertiary/aromatic N) is 1. The summed E-state index contributed by atoms with van der Waals surface area (Å²) in [6.07, 6.45) is -17.5. The third-order valence-corrected chi connectivity index (χ3v) is 4.28. The Morgan fingerprint density at radius 3 is 1.83 bits per heavy atom. The fourth-order valence-electron chi connectivity index (χ4n) is 2.59. The van der Waals surface area contributed by atoms with E-state index in [-0.39, 0.29) is 0 Å². The molecule has 0 saturated carbocycles. The minimum Gasteiger partial charge on any atom is -0.376 e. The van der Waals surface area contributed by atoms with Crippen molar-refractivity contribution in [1.29, 1.82) is 0 Å². The molecule has 162 valence electrons. The van der Waals surface area contributed by atoms with Gasteiger partial charge in [-0.2, -0.15) is 39.5 Å². The lowest BCUT2D eigenvalue weighted by Crippen LogP contribution is -2.73. The lowest BCUT2D eigenvalue weighted by atomic mass is 9.94. The second-order valence-electron chi connectivity index (χ2n) is 6.29. The molecule has 1 fully saturated rings. The molecule has 1 amide bonds. The van der Waals surface area contributed by atoms with Crippen LogP contribution < -0.4 is 4.90 Å². The second kappa shape index (κ2) is 6.62. The molecule has 0 spiro atoms. The van der Waals surface area contributed by atoms with E-state index in [0.717, 1.165) is 0 Å². The van der Waals surface area contributed by atoms with E-state index in [1.165, 1.54) is 0 Å². The quantitative estimate of drug-likeness (QED) is 0.558. The summed E-state index contributed by atoms with van der Waals surface area (Å²) in [4.78, 5) is 11.4. The highest BCUT2D eigenvalue weighted by atomic mass is 19.4. The first-order chi connectivity index (χ1) is 12.9. The van der Waals surface area contributed by atoms with Gasteiger partial charge in [0.05, 0.1) is 6.61 Å². The van der Waals surface area contributed by atoms with Gasteiger partial charge in [0, 0.05) is 11.3 Å². The number of ether oxygens (including phenoxy) is 1. The molecule has 1 aliphatic heterocycles. The van der Waals surface area contributed by atoms with Crippen LogP contribution in [0.3, 0.4) is 0 Å². The van der Waals surface area contributed by atoms with Gasteiger partial charge in [-0.25, -0.2) is 0 Å². The van der Waals surface area contributed by atoms with Crippen molar-refractivity contribution in [1.82, 2.24) is 0 Å². The molecule has 0 aliphatic carbocycles. The van der Waals surface area contributed by atoms with E-state index >= 15 is 0 Å². The zero-order valence-electron chi connectivity index (χ0n) is 14.3. The van der Waals surface area contributed by atoms with Gasteiger partial charge in [-0.15, -0.1) is 0 Å². The summed E-state index contributed by atoms with van der Waals surface area (Å²) < 4.78 is 124. The van der Waals surface area contributed by atoms with Crippen molar-refractivity contribution < 1.29 is 54.2 Å². The molecule has 4 nitrogen and oxygen atoms in total. The van der Waals surface area contributed by atoms with Gasteiger partial charge in [-0.05, 0) is 24.6 Å². The van der Waals surface area contributed by atoms with Crippen LogP contribution in [0.5, 0.6) is 0 Å². The largest absolute Gasteiger partial charge is 0.447 e. The van der Waals surface area contributed by atoms with Crippen LogP contribution in [0.1, 0.15) is 12.5 Å². The van der Waals surface area contributed by atoms with Crippen LogP contribution in [0.4, 0.5) is 45.2 Å². The topological polar surface area (TPSA) is 49.8 Å². The number of alkyl halides is 9. The number of anilines is 1. The van der Waals surface area contributed by atoms with E-state index in [0.29, 0.717) is 31.2 Å². The van der Waals surface area contributed by atoms with Gasteiger partial charge in [-0.3, -0.25) is 9.69 Å². The average molecular weight is 437 g/mol. The van der Waals surface area contributed by atoms with Crippen LogP contribution in [-0.2, 0) is 15.1 Å². The Morgan fingerprint density at radius 2 is 1.45 bits per heavy atom. The molecule has 1 saturated heterocycles. The van der Waals surface area contributed by atoms with Gasteiger partial charge in [0.2, 0.25) is 0 Å². The molecule has 1 N–H and O–H groups in total. The molecule has 1 aromatic carbocycles. The highest BCUT2D eigenvalue weighted by Crippen LogP contribution is 2.52. The van der Waals surface area contributed by atoms with Crippen molar-refractivity contribution in [2.75, 3.05) is 11.5 Å². The van der Waals surface area contributed by atoms with Crippen molar-refractivity contribution in [2.24, 2.45) is 0 Å². The van der Waals surface area contributed by atoms with Crippen molar-refractivity contribution in [3.8, 4) is 0 Å². The standard InChI is InChI=1S/C16H12F9NO3/c1-8-7-29-13(15(20,21)22,16(23,24)25)26(11(8)27)10-5-3-9(4-6-10)12(2,28)14(17,18)19/h3-6,28H,1,7H2,2H3. The Labute approximate surface area is 157 Å². The van der Waals surface area contributed by atoms with Crippen LogP contribution in [0.2, 0.25) is 0 Å². The zero-order valence-corrected chi connectivity index (χ0v) is 14.3. The van der Waals surface area contributed by atoms with Crippen molar-refractivity contribution >= 4 is 11.6 Å². The SMILES string of the molecule is C=C1COC(C(F)(F)F)(C(F)(F)F)N(c2ccc(C(C)(O)C(F)(F)F)cc2)C1=O. The van der Waals surface area contributed by atoms with Crippen LogP contribution in [0.15, 0.2) is 36.4 Å². The first kappa shape index (κ1) is 23.0. The molecule has 29 heavy (non-hydrogen) atoms. The molecule has 0 bridgehead atoms. The van der Waals surface area contributed by atoms with Crippen molar-refractivity contribution in [2.45, 2.75) is 36.8 Å². The fourth-order valence-corrected chi connectivity index (χ4v) is 2.59. The van der Waals surface area contributed by atoms with Gasteiger partial charge >= 0.3 is 24.3 Å². The van der Waals surface area contributed by atoms with E-state index < -0.39 is 64.1 Å². The van der Waals surface area contributed by atoms with Crippen LogP contribution in [0.25, 0.3) is 0 Å². The number of amides is 1. The number of hydrogen-bond donors (Lipinski definition) is 1. The summed E-state index contributed by atoms with van der Waals surface area (Å²) >= 11 is 0. The van der Waals surface area contributed by atoms with E-state index in [1.807, 2.05) is 0 Å². The van der Waals surface area contributed by atoms with Gasteiger partial charge < -0.3 is 9.84 Å². The van der Waals surface area contributed by atoms with E-state index in [9.17, 15) is 49.4 Å². The van der Waals surface area contributed by atoms with Crippen molar-refractivity contribution in [3.63, 3.8) is 0 Å². The maximum absolute atomic E-state index is 13.5. The maximum atomic E-state index is 13.5. The average Bonchev–Trinajstić information content (AvgIpc) is 2.54. The molecule has 2 rings (SSSR count). The Kier molecular flexibility index (Phi) is 5.25. The number of hydrogen-bond acceptors (Lipinski definition) is 3. The second-order valence-corrected chi connectivity index (χ2v) is 6.29. The molecular weight excluding hydrogens is 425 g/mol. The maximum Gasteiger partial charge on any atom is 0.447 e. The number of carbonyl (C=O) groups is 1. The van der Waals surface area contributed by atoms with Crippen LogP contribution in [0, 0.1) is 0 Å². The smallest absolute Gasteiger partial charge is 0.376 e. The zero-order chi connectivity index (χ0) is 22.6. The summed E-state index contributed by atoms with van der Waals surface area (Å²) in [6.45, 7) is 2.03. The highest BCUT2D eigenvalue weighted by Gasteiger charge is 2.78. The van der Waals surface area contributed by atoms with Gasteiger partial charge in [0.15, 0.2) is 5.60 Å². The lowest BCUT2D eigenvalue weighted by Gasteiger charge is -2.47. The molecule has 1 aliphatic rings. The third kappa shape index (κ3) is 3.45. The normalized spacial score (nSPS) is 20.6. The molecule has 1 heterocycles. The number of benzene rings is 1. The Balaban J connectivity index is 2.67. The summed E-state index contributed by atoms with van der Waals surface area (Å²) in [5.74, 6) is -1.78. The molecule has 0 radical (unpaired) electrons. The Hall–Kier alpha value is -2.28. The first-order valence-corrected chi connectivity index (χ1v) is 7.57. The van der Waals surface area contributed by atoms with E-state index in [2.05, 4.69) is 11.3 Å². The highest BCUT2D eigenvalue weighted by molar-refractivity contribution is 6.07. The molecule has 1 unspecified atom stereocenters. The molecule has 1 atom stereocenters. The van der Waals surface area contributed by atoms with Gasteiger partial charge in [0.1, 0.15) is 0 Å². The Bertz CT molecular complexity index is 793. The minimum atomic E-state index is -6.16. The molecule has 13 heteroatoms. The number of carbonyl (C=O) groups excluding carboxylic acids is 1. The monoisotopic (exact) mass is 437 g/mol. The summed E-state index contributed by atoms with van der Waals surface area (Å²) in [6, 6.07) is 1.71. The van der Waals surface area contributed by atoms with Crippen molar-refractivity contribution in [3.05, 3.63) is 42.0 Å². The van der Waals surface area contributed by atoms with Gasteiger partial charge in [0.25, 0.3) is 5.91 Å². The molecule has 0 aromatic heterocycles. The minimum absolute atomic E-state index is 0.342. The third-order valence-electron chi connectivity index (χ3n) is 4.28. The molecular formula is C16H12F9NO3. The first-order valence-electron chi connectivity index (χ1n) is 7.57. The summed E-state index contributed by atoms with van der Waals surface area (Å²) in [5, 5.41) is 9.57. The van der Waals surface area contributed by atoms with E-state index in [1.54, 1.807) is 0 Å². The van der Waals surface area contributed by atoms with Crippen LogP contribution >= 0.6 is 0 Å². The lowest BCUT2D eigenvalue weighted by molar-refractivity contribution is -0.379. The fraction of sp³-hybridized carbons (Fsp3) is 0.438. The predicted molar refractivity (Wildman–Crippen MR) is 79.5 cm³/mol. The summed E-state index contributed by atoms with van der Waals surface area (Å²) in [5.41, 5.74) is -11.2. The van der Waals surface area contributed by atoms with E-state index in [4.69, 9.17) is 0 Å². The number of rotatable bonds is 2.